The third-order valence-corrected chi connectivity index (χ3v) is 5.82. The summed E-state index contributed by atoms with van der Waals surface area (Å²) in [4.78, 5) is 27.0. The molecule has 0 bridgehead atoms. The van der Waals surface area contributed by atoms with Crippen molar-refractivity contribution in [1.82, 2.24) is 14.7 Å². The zero-order chi connectivity index (χ0) is 22.7. The lowest BCUT2D eigenvalue weighted by atomic mass is 10.1. The number of amides is 2. The molecule has 1 saturated heterocycles. The van der Waals surface area contributed by atoms with E-state index in [0.717, 1.165) is 22.6 Å². The number of ether oxygens (including phenoxy) is 1. The molecule has 1 aliphatic heterocycles. The average molecular weight is 453 g/mol. The van der Waals surface area contributed by atoms with Crippen LogP contribution in [0.5, 0.6) is 0 Å². The number of hydrogen-bond donors (Lipinski definition) is 1. The Labute approximate surface area is 191 Å². The Morgan fingerprint density at radius 2 is 1.69 bits per heavy atom. The van der Waals surface area contributed by atoms with Gasteiger partial charge >= 0.3 is 0 Å². The van der Waals surface area contributed by atoms with E-state index in [4.69, 9.17) is 16.3 Å². The predicted molar refractivity (Wildman–Crippen MR) is 124 cm³/mol. The Balaban J connectivity index is 1.41. The van der Waals surface area contributed by atoms with Crippen molar-refractivity contribution in [3.63, 3.8) is 0 Å². The molecule has 0 radical (unpaired) electrons. The van der Waals surface area contributed by atoms with E-state index in [1.807, 2.05) is 42.8 Å². The van der Waals surface area contributed by atoms with Crippen LogP contribution in [-0.2, 0) is 16.0 Å². The molecule has 0 aliphatic carbocycles. The predicted octanol–water partition coefficient (Wildman–Crippen LogP) is 3.80. The zero-order valence-electron chi connectivity index (χ0n) is 18.1. The number of aryl methyl sites for hydroxylation is 1. The number of carbonyl (C=O) groups is 2. The van der Waals surface area contributed by atoms with Crippen LogP contribution in [0.1, 0.15) is 27.3 Å². The highest BCUT2D eigenvalue weighted by molar-refractivity contribution is 6.30. The van der Waals surface area contributed by atoms with Crippen LogP contribution in [0, 0.1) is 13.8 Å². The molecule has 0 saturated carbocycles. The van der Waals surface area contributed by atoms with Crippen molar-refractivity contribution < 1.29 is 14.3 Å². The number of benzene rings is 2. The smallest absolute Gasteiger partial charge is 0.254 e. The van der Waals surface area contributed by atoms with Crippen LogP contribution in [0.25, 0.3) is 5.69 Å². The van der Waals surface area contributed by atoms with Crippen molar-refractivity contribution in [2.45, 2.75) is 20.3 Å². The molecule has 2 heterocycles. The maximum atomic E-state index is 12.7. The van der Waals surface area contributed by atoms with E-state index in [1.165, 1.54) is 0 Å². The van der Waals surface area contributed by atoms with Crippen LogP contribution in [0.4, 0.5) is 5.69 Å². The summed E-state index contributed by atoms with van der Waals surface area (Å²) in [6, 6.07) is 14.4. The second-order valence-corrected chi connectivity index (χ2v) is 8.18. The first-order chi connectivity index (χ1) is 15.4. The molecule has 0 atom stereocenters. The van der Waals surface area contributed by atoms with Gasteiger partial charge in [-0.05, 0) is 62.4 Å². The minimum Gasteiger partial charge on any atom is -0.378 e. The zero-order valence-corrected chi connectivity index (χ0v) is 18.9. The molecule has 8 heteroatoms. The van der Waals surface area contributed by atoms with Gasteiger partial charge in [-0.15, -0.1) is 0 Å². The van der Waals surface area contributed by atoms with Crippen molar-refractivity contribution in [1.29, 1.82) is 0 Å². The quantitative estimate of drug-likeness (QED) is 0.638. The van der Waals surface area contributed by atoms with Crippen LogP contribution >= 0.6 is 11.6 Å². The highest BCUT2D eigenvalue weighted by Gasteiger charge is 2.19. The van der Waals surface area contributed by atoms with Crippen LogP contribution in [0.3, 0.4) is 0 Å². The van der Waals surface area contributed by atoms with Gasteiger partial charge in [0.25, 0.3) is 5.91 Å². The van der Waals surface area contributed by atoms with Gasteiger partial charge < -0.3 is 15.0 Å². The van der Waals surface area contributed by atoms with Crippen LogP contribution < -0.4 is 5.32 Å². The maximum Gasteiger partial charge on any atom is 0.254 e. The van der Waals surface area contributed by atoms with Crippen molar-refractivity contribution >= 4 is 29.1 Å². The summed E-state index contributed by atoms with van der Waals surface area (Å²) in [6.07, 6.45) is 0.208. The van der Waals surface area contributed by atoms with Crippen LogP contribution in [0.15, 0.2) is 48.5 Å². The molecule has 1 aromatic heterocycles. The molecule has 166 valence electrons. The van der Waals surface area contributed by atoms with Gasteiger partial charge in [-0.2, -0.15) is 5.10 Å². The summed E-state index contributed by atoms with van der Waals surface area (Å²) >= 11 is 5.98. The number of rotatable bonds is 5. The number of hydrogen-bond acceptors (Lipinski definition) is 4. The second-order valence-electron chi connectivity index (χ2n) is 7.74. The Hall–Kier alpha value is -3.16. The number of anilines is 1. The van der Waals surface area contributed by atoms with Gasteiger partial charge in [0.05, 0.1) is 31.0 Å². The lowest BCUT2D eigenvalue weighted by Crippen LogP contribution is -2.40. The fourth-order valence-electron chi connectivity index (χ4n) is 3.78. The fraction of sp³-hybridized carbons (Fsp3) is 0.292. The monoisotopic (exact) mass is 452 g/mol. The molecule has 1 aliphatic rings. The second kappa shape index (κ2) is 9.54. The Bertz CT molecular complexity index is 1120. The summed E-state index contributed by atoms with van der Waals surface area (Å²) in [5.74, 6) is -0.161. The minimum atomic E-state index is -0.140. The van der Waals surface area contributed by atoms with E-state index in [0.29, 0.717) is 42.6 Å². The molecule has 1 fully saturated rings. The van der Waals surface area contributed by atoms with Crippen molar-refractivity contribution in [2.75, 3.05) is 31.6 Å². The highest BCUT2D eigenvalue weighted by Crippen LogP contribution is 2.21. The topological polar surface area (TPSA) is 76.5 Å². The molecule has 2 amide bonds. The first-order valence-electron chi connectivity index (χ1n) is 10.5. The molecule has 7 nitrogen and oxygen atoms in total. The summed E-state index contributed by atoms with van der Waals surface area (Å²) in [5, 5.41) is 8.16. The number of nitrogens with one attached hydrogen (secondary N) is 1. The van der Waals surface area contributed by atoms with Crippen molar-refractivity contribution in [3.05, 3.63) is 76.1 Å². The molecule has 2 aromatic carbocycles. The van der Waals surface area contributed by atoms with E-state index in [2.05, 4.69) is 10.4 Å². The standard InChI is InChI=1S/C24H25ClN4O3/c1-16-22(17(2)29(27-16)21-9-5-19(25)6-10-21)15-23(30)26-20-7-3-18(4-8-20)24(31)28-11-13-32-14-12-28/h3-10H,11-15H2,1-2H3,(H,26,30). The molecule has 1 N–H and O–H groups in total. The minimum absolute atomic E-state index is 0.0213. The third kappa shape index (κ3) is 4.84. The number of aromatic nitrogens is 2. The first-order valence-corrected chi connectivity index (χ1v) is 10.9. The highest BCUT2D eigenvalue weighted by atomic mass is 35.5. The van der Waals surface area contributed by atoms with Crippen LogP contribution in [-0.4, -0.2) is 52.8 Å². The molecule has 0 unspecified atom stereocenters. The molecular formula is C24H25ClN4O3. The fourth-order valence-corrected chi connectivity index (χ4v) is 3.90. The number of halogens is 1. The van der Waals surface area contributed by atoms with Gasteiger partial charge in [0.1, 0.15) is 0 Å². The van der Waals surface area contributed by atoms with E-state index in [-0.39, 0.29) is 18.2 Å². The molecule has 4 rings (SSSR count). The Morgan fingerprint density at radius 1 is 1.03 bits per heavy atom. The first kappa shape index (κ1) is 22.0. The van der Waals surface area contributed by atoms with Gasteiger partial charge in [0.15, 0.2) is 0 Å². The summed E-state index contributed by atoms with van der Waals surface area (Å²) in [6.45, 7) is 6.16. The van der Waals surface area contributed by atoms with E-state index < -0.39 is 0 Å². The van der Waals surface area contributed by atoms with Crippen molar-refractivity contribution in [3.8, 4) is 5.69 Å². The van der Waals surface area contributed by atoms with Gasteiger partial charge in [-0.25, -0.2) is 4.68 Å². The average Bonchev–Trinajstić information content (AvgIpc) is 3.08. The third-order valence-electron chi connectivity index (χ3n) is 5.56. The normalized spacial score (nSPS) is 13.8. The van der Waals surface area contributed by atoms with Crippen LogP contribution in [0.2, 0.25) is 5.02 Å². The van der Waals surface area contributed by atoms with Gasteiger partial charge in [0.2, 0.25) is 5.91 Å². The lowest BCUT2D eigenvalue weighted by molar-refractivity contribution is -0.115. The lowest BCUT2D eigenvalue weighted by Gasteiger charge is -2.26. The van der Waals surface area contributed by atoms with Gasteiger partial charge in [0, 0.05) is 40.6 Å². The molecule has 0 spiro atoms. The molecule has 3 aromatic rings. The number of nitrogens with zero attached hydrogens (tertiary/aromatic N) is 3. The van der Waals surface area contributed by atoms with Crippen molar-refractivity contribution in [2.24, 2.45) is 0 Å². The number of morpholine rings is 1. The molecular weight excluding hydrogens is 428 g/mol. The maximum absolute atomic E-state index is 12.7. The van der Waals surface area contributed by atoms with E-state index in [1.54, 1.807) is 29.2 Å². The number of carbonyl (C=O) groups excluding carboxylic acids is 2. The van der Waals surface area contributed by atoms with E-state index >= 15 is 0 Å². The summed E-state index contributed by atoms with van der Waals surface area (Å²) in [7, 11) is 0. The van der Waals surface area contributed by atoms with Gasteiger partial charge in [-0.1, -0.05) is 11.6 Å². The van der Waals surface area contributed by atoms with Gasteiger partial charge in [-0.3, -0.25) is 9.59 Å². The molecule has 32 heavy (non-hydrogen) atoms. The summed E-state index contributed by atoms with van der Waals surface area (Å²) < 4.78 is 7.11. The van der Waals surface area contributed by atoms with E-state index in [9.17, 15) is 9.59 Å². The Kier molecular flexibility index (Phi) is 6.58. The SMILES string of the molecule is Cc1nn(-c2ccc(Cl)cc2)c(C)c1CC(=O)Nc1ccc(C(=O)N2CCOCC2)cc1. The summed E-state index contributed by atoms with van der Waals surface area (Å²) in [5.41, 5.74) is 4.74. The largest absolute Gasteiger partial charge is 0.378 e. The Morgan fingerprint density at radius 3 is 2.34 bits per heavy atom.